The molecule has 1 heterocycles. The highest BCUT2D eigenvalue weighted by molar-refractivity contribution is 7.09. The van der Waals surface area contributed by atoms with E-state index < -0.39 is 0 Å². The normalized spacial score (nSPS) is 11.9. The SMILES string of the molecule is CN(C)C(C)(C)CNC(=O)c1csc(CN)n1. The first-order chi connectivity index (χ1) is 7.86. The van der Waals surface area contributed by atoms with Crippen LogP contribution in [0.2, 0.25) is 0 Å². The number of aromatic nitrogens is 1. The van der Waals surface area contributed by atoms with Crippen molar-refractivity contribution < 1.29 is 4.79 Å². The van der Waals surface area contributed by atoms with Crippen molar-refractivity contribution in [3.63, 3.8) is 0 Å². The van der Waals surface area contributed by atoms with Gasteiger partial charge in [0.1, 0.15) is 10.7 Å². The van der Waals surface area contributed by atoms with E-state index in [4.69, 9.17) is 5.73 Å². The molecule has 1 rings (SSSR count). The van der Waals surface area contributed by atoms with Crippen molar-refractivity contribution in [2.75, 3.05) is 20.6 Å². The van der Waals surface area contributed by atoms with E-state index in [0.717, 1.165) is 5.01 Å². The molecule has 0 radical (unpaired) electrons. The molecule has 0 aliphatic rings. The second-order valence-electron chi connectivity index (χ2n) is 4.72. The van der Waals surface area contributed by atoms with Crippen molar-refractivity contribution in [1.29, 1.82) is 0 Å². The van der Waals surface area contributed by atoms with Crippen LogP contribution in [0.3, 0.4) is 0 Å². The maximum atomic E-state index is 11.8. The fourth-order valence-electron chi connectivity index (χ4n) is 1.05. The van der Waals surface area contributed by atoms with Gasteiger partial charge >= 0.3 is 0 Å². The van der Waals surface area contributed by atoms with E-state index in [2.05, 4.69) is 29.0 Å². The van der Waals surface area contributed by atoms with E-state index in [0.29, 0.717) is 18.8 Å². The quantitative estimate of drug-likeness (QED) is 0.812. The first kappa shape index (κ1) is 14.1. The Morgan fingerprint density at radius 3 is 2.71 bits per heavy atom. The summed E-state index contributed by atoms with van der Waals surface area (Å²) >= 11 is 1.41. The molecule has 0 aliphatic carbocycles. The third-order valence-corrected chi connectivity index (χ3v) is 3.72. The Bertz CT molecular complexity index is 387. The van der Waals surface area contributed by atoms with E-state index in [-0.39, 0.29) is 11.4 Å². The van der Waals surface area contributed by atoms with Crippen LogP contribution >= 0.6 is 11.3 Å². The molecule has 6 heteroatoms. The van der Waals surface area contributed by atoms with Crippen molar-refractivity contribution in [2.45, 2.75) is 25.9 Å². The lowest BCUT2D eigenvalue weighted by Crippen LogP contribution is -2.48. The van der Waals surface area contributed by atoms with Gasteiger partial charge < -0.3 is 16.0 Å². The Morgan fingerprint density at radius 2 is 2.24 bits per heavy atom. The van der Waals surface area contributed by atoms with Gasteiger partial charge in [-0.05, 0) is 27.9 Å². The van der Waals surface area contributed by atoms with Gasteiger partial charge in [-0.15, -0.1) is 11.3 Å². The van der Waals surface area contributed by atoms with Gasteiger partial charge in [0, 0.05) is 24.0 Å². The van der Waals surface area contributed by atoms with Crippen LogP contribution in [0.5, 0.6) is 0 Å². The van der Waals surface area contributed by atoms with Crippen LogP contribution in [0, 0.1) is 0 Å². The summed E-state index contributed by atoms with van der Waals surface area (Å²) in [5, 5.41) is 5.40. The van der Waals surface area contributed by atoms with Crippen LogP contribution in [-0.2, 0) is 6.54 Å². The molecule has 1 aromatic heterocycles. The monoisotopic (exact) mass is 256 g/mol. The molecular weight excluding hydrogens is 236 g/mol. The Morgan fingerprint density at radius 1 is 1.59 bits per heavy atom. The smallest absolute Gasteiger partial charge is 0.270 e. The van der Waals surface area contributed by atoms with Crippen LogP contribution in [0.1, 0.15) is 29.3 Å². The van der Waals surface area contributed by atoms with Crippen molar-refractivity contribution in [1.82, 2.24) is 15.2 Å². The number of hydrogen-bond acceptors (Lipinski definition) is 5. The molecule has 0 aliphatic heterocycles. The largest absolute Gasteiger partial charge is 0.349 e. The predicted molar refractivity (Wildman–Crippen MR) is 70.1 cm³/mol. The minimum Gasteiger partial charge on any atom is -0.349 e. The first-order valence-electron chi connectivity index (χ1n) is 5.47. The predicted octanol–water partition coefficient (Wildman–Crippen LogP) is 0.672. The zero-order valence-corrected chi connectivity index (χ0v) is 11.6. The summed E-state index contributed by atoms with van der Waals surface area (Å²) in [4.78, 5) is 18.0. The van der Waals surface area contributed by atoms with Crippen LogP contribution in [-0.4, -0.2) is 42.0 Å². The molecule has 0 saturated carbocycles. The second-order valence-corrected chi connectivity index (χ2v) is 5.66. The van der Waals surface area contributed by atoms with Crippen molar-refractivity contribution in [2.24, 2.45) is 5.73 Å². The molecule has 1 aromatic rings. The molecule has 0 saturated heterocycles. The van der Waals surface area contributed by atoms with Gasteiger partial charge in [-0.2, -0.15) is 0 Å². The Balaban J connectivity index is 2.56. The molecule has 96 valence electrons. The third kappa shape index (κ3) is 3.76. The molecule has 0 bridgehead atoms. The number of nitrogens with zero attached hydrogens (tertiary/aromatic N) is 2. The highest BCUT2D eigenvalue weighted by Crippen LogP contribution is 2.10. The van der Waals surface area contributed by atoms with E-state index >= 15 is 0 Å². The molecule has 0 atom stereocenters. The van der Waals surface area contributed by atoms with Gasteiger partial charge in [0.25, 0.3) is 5.91 Å². The number of nitrogens with one attached hydrogen (secondary N) is 1. The summed E-state index contributed by atoms with van der Waals surface area (Å²) in [5.41, 5.74) is 5.82. The number of amides is 1. The fourth-order valence-corrected chi connectivity index (χ4v) is 1.71. The molecule has 5 nitrogen and oxygen atoms in total. The average Bonchev–Trinajstić information content (AvgIpc) is 2.74. The van der Waals surface area contributed by atoms with Gasteiger partial charge in [-0.3, -0.25) is 4.79 Å². The number of hydrogen-bond donors (Lipinski definition) is 2. The van der Waals surface area contributed by atoms with Gasteiger partial charge in [-0.1, -0.05) is 0 Å². The maximum Gasteiger partial charge on any atom is 0.270 e. The van der Waals surface area contributed by atoms with E-state index in [9.17, 15) is 4.79 Å². The molecule has 0 spiro atoms. The number of rotatable bonds is 5. The van der Waals surface area contributed by atoms with Crippen LogP contribution < -0.4 is 11.1 Å². The molecule has 1 amide bonds. The standard InChI is InChI=1S/C11H20N4OS/c1-11(2,15(3)4)7-13-10(16)8-6-17-9(5-12)14-8/h6H,5,7,12H2,1-4H3,(H,13,16). The van der Waals surface area contributed by atoms with Crippen molar-refractivity contribution >= 4 is 17.2 Å². The summed E-state index contributed by atoms with van der Waals surface area (Å²) in [6.07, 6.45) is 0. The lowest BCUT2D eigenvalue weighted by molar-refractivity contribution is 0.0915. The summed E-state index contributed by atoms with van der Waals surface area (Å²) in [6, 6.07) is 0. The number of nitrogens with two attached hydrogens (primary N) is 1. The lowest BCUT2D eigenvalue weighted by atomic mass is 10.0. The summed E-state index contributed by atoms with van der Waals surface area (Å²) in [5.74, 6) is -0.143. The van der Waals surface area contributed by atoms with E-state index in [1.165, 1.54) is 11.3 Å². The highest BCUT2D eigenvalue weighted by Gasteiger charge is 2.21. The lowest BCUT2D eigenvalue weighted by Gasteiger charge is -2.32. The molecule has 0 aromatic carbocycles. The Hall–Kier alpha value is -0.980. The van der Waals surface area contributed by atoms with Crippen LogP contribution in [0.15, 0.2) is 5.38 Å². The molecular formula is C11H20N4OS. The van der Waals surface area contributed by atoms with Gasteiger partial charge in [-0.25, -0.2) is 4.98 Å². The molecule has 0 unspecified atom stereocenters. The van der Waals surface area contributed by atoms with Gasteiger partial charge in [0.2, 0.25) is 0 Å². The maximum absolute atomic E-state index is 11.8. The van der Waals surface area contributed by atoms with Crippen LogP contribution in [0.25, 0.3) is 0 Å². The van der Waals surface area contributed by atoms with Crippen LogP contribution in [0.4, 0.5) is 0 Å². The van der Waals surface area contributed by atoms with Crippen molar-refractivity contribution in [3.05, 3.63) is 16.1 Å². The Kier molecular flexibility index (Phi) is 4.62. The first-order valence-corrected chi connectivity index (χ1v) is 6.35. The average molecular weight is 256 g/mol. The number of thiazole rings is 1. The van der Waals surface area contributed by atoms with Crippen molar-refractivity contribution in [3.8, 4) is 0 Å². The van der Waals surface area contributed by atoms with E-state index in [1.807, 2.05) is 14.1 Å². The minimum absolute atomic E-state index is 0.0810. The third-order valence-electron chi connectivity index (χ3n) is 2.85. The molecule has 3 N–H and O–H groups in total. The topological polar surface area (TPSA) is 71.2 Å². The fraction of sp³-hybridized carbons (Fsp3) is 0.636. The summed E-state index contributed by atoms with van der Waals surface area (Å²) < 4.78 is 0. The highest BCUT2D eigenvalue weighted by atomic mass is 32.1. The molecule has 0 fully saturated rings. The minimum atomic E-state index is -0.143. The number of carbonyl (C=O) groups is 1. The van der Waals surface area contributed by atoms with Gasteiger partial charge in [0.05, 0.1) is 0 Å². The second kappa shape index (κ2) is 5.57. The molecule has 17 heavy (non-hydrogen) atoms. The van der Waals surface area contributed by atoms with Gasteiger partial charge in [0.15, 0.2) is 0 Å². The summed E-state index contributed by atoms with van der Waals surface area (Å²) in [7, 11) is 3.98. The zero-order valence-electron chi connectivity index (χ0n) is 10.8. The number of likely N-dealkylation sites (N-methyl/N-ethyl adjacent to an activating group) is 1. The zero-order chi connectivity index (χ0) is 13.1. The Labute approximate surface area is 106 Å². The summed E-state index contributed by atoms with van der Waals surface area (Å²) in [6.45, 7) is 5.09. The number of carbonyl (C=O) groups excluding carboxylic acids is 1. The van der Waals surface area contributed by atoms with E-state index in [1.54, 1.807) is 5.38 Å².